The van der Waals surface area contributed by atoms with Crippen LogP contribution in [0, 0.1) is 17.8 Å². The maximum absolute atomic E-state index is 11.9. The lowest BCUT2D eigenvalue weighted by Crippen LogP contribution is -2.31. The van der Waals surface area contributed by atoms with Gasteiger partial charge in [0.15, 0.2) is 17.3 Å². The van der Waals surface area contributed by atoms with Gasteiger partial charge >= 0.3 is 5.97 Å². The number of hydrogen-bond donors (Lipinski definition) is 2. The molecule has 0 saturated heterocycles. The quantitative estimate of drug-likeness (QED) is 0.437. The van der Waals surface area contributed by atoms with Gasteiger partial charge in [0.05, 0.1) is 0 Å². The number of carboxylic acid groups (broad SMARTS) is 1. The average molecular weight is 477 g/mol. The van der Waals surface area contributed by atoms with Crippen molar-refractivity contribution >= 4 is 23.0 Å². The molecule has 0 amide bonds. The molecule has 0 radical (unpaired) electrons. The van der Waals surface area contributed by atoms with Crippen LogP contribution in [0.4, 0.5) is 5.82 Å². The van der Waals surface area contributed by atoms with E-state index >= 15 is 0 Å². The van der Waals surface area contributed by atoms with Gasteiger partial charge in [0, 0.05) is 18.8 Å². The summed E-state index contributed by atoms with van der Waals surface area (Å²) in [7, 11) is 0. The number of aryl methyl sites for hydroxylation is 1. The second kappa shape index (κ2) is 9.91. The fourth-order valence-corrected chi connectivity index (χ4v) is 5.47. The second-order valence-electron chi connectivity index (χ2n) is 10.6. The number of nitrogens with zero attached hydrogens (tertiary/aromatic N) is 5. The van der Waals surface area contributed by atoms with Gasteiger partial charge in [0.25, 0.3) is 0 Å². The topological polar surface area (TPSA) is 106 Å². The van der Waals surface area contributed by atoms with E-state index in [1.807, 2.05) is 12.3 Å². The number of hydrogen-bond acceptors (Lipinski definition) is 6. The molecule has 0 unspecified atom stereocenters. The Hall–Kier alpha value is -3.03. The van der Waals surface area contributed by atoms with Gasteiger partial charge < -0.3 is 15.0 Å². The minimum atomic E-state index is -1.14. The number of carboxylic acids is 1. The molecule has 0 spiro atoms. The number of aromatic carboxylic acids is 1. The minimum Gasteiger partial charge on any atom is -0.475 e. The summed E-state index contributed by atoms with van der Waals surface area (Å²) >= 11 is 0. The van der Waals surface area contributed by atoms with Crippen molar-refractivity contribution < 1.29 is 9.90 Å². The van der Waals surface area contributed by atoms with Crippen molar-refractivity contribution in [1.82, 2.24) is 24.5 Å². The standard InChI is InChI=1S/C27H36N6O2/c1-4-18-12-13-28-21(14-18)26-32-24-22(33(26)15-19-10-8-16(2)9-11-19)23(30-25(31-24)27(34)35)29-17(3)20-6-5-7-20/h12-14,16-17,19-20H,4-11,15H2,1-3H3,(H,34,35)(H,29,30,31)/t16?,17-,19?/m1/s1. The number of imidazole rings is 1. The Bertz CT molecular complexity index is 1210. The third kappa shape index (κ3) is 4.88. The number of fused-ring (bicyclic) bond motifs is 1. The fraction of sp³-hybridized carbons (Fsp3) is 0.593. The average Bonchev–Trinajstić information content (AvgIpc) is 3.18. The second-order valence-corrected chi connectivity index (χ2v) is 10.6. The van der Waals surface area contributed by atoms with Crippen LogP contribution >= 0.6 is 0 Å². The Balaban J connectivity index is 1.65. The van der Waals surface area contributed by atoms with E-state index in [1.54, 1.807) is 0 Å². The first kappa shape index (κ1) is 23.7. The van der Waals surface area contributed by atoms with E-state index < -0.39 is 5.97 Å². The summed E-state index contributed by atoms with van der Waals surface area (Å²) in [5, 5.41) is 13.3. The molecule has 8 nitrogen and oxygen atoms in total. The molecule has 186 valence electrons. The summed E-state index contributed by atoms with van der Waals surface area (Å²) in [6.45, 7) is 7.42. The van der Waals surface area contributed by atoms with Crippen molar-refractivity contribution in [2.24, 2.45) is 17.8 Å². The molecular formula is C27H36N6O2. The maximum Gasteiger partial charge on any atom is 0.374 e. The van der Waals surface area contributed by atoms with Crippen molar-refractivity contribution in [1.29, 1.82) is 0 Å². The normalized spacial score (nSPS) is 21.6. The smallest absolute Gasteiger partial charge is 0.374 e. The van der Waals surface area contributed by atoms with Crippen LogP contribution in [0.2, 0.25) is 0 Å². The zero-order valence-electron chi connectivity index (χ0n) is 21.0. The van der Waals surface area contributed by atoms with Gasteiger partial charge in [-0.15, -0.1) is 0 Å². The van der Waals surface area contributed by atoms with E-state index in [0.29, 0.717) is 23.3 Å². The van der Waals surface area contributed by atoms with Gasteiger partial charge in [-0.25, -0.2) is 19.7 Å². The summed E-state index contributed by atoms with van der Waals surface area (Å²) < 4.78 is 2.21. The van der Waals surface area contributed by atoms with Crippen LogP contribution in [0.1, 0.15) is 81.9 Å². The minimum absolute atomic E-state index is 0.201. The molecular weight excluding hydrogens is 440 g/mol. The van der Waals surface area contributed by atoms with Gasteiger partial charge in [0.2, 0.25) is 5.82 Å². The molecule has 2 fully saturated rings. The lowest BCUT2D eigenvalue weighted by Gasteiger charge is -2.32. The monoisotopic (exact) mass is 476 g/mol. The molecule has 0 bridgehead atoms. The summed E-state index contributed by atoms with van der Waals surface area (Å²) in [4.78, 5) is 30.3. The highest BCUT2D eigenvalue weighted by Crippen LogP contribution is 2.36. The van der Waals surface area contributed by atoms with E-state index in [9.17, 15) is 9.90 Å². The van der Waals surface area contributed by atoms with Gasteiger partial charge in [0.1, 0.15) is 11.2 Å². The number of anilines is 1. The van der Waals surface area contributed by atoms with Crippen molar-refractivity contribution in [3.8, 4) is 11.5 Å². The van der Waals surface area contributed by atoms with Crippen LogP contribution in [0.3, 0.4) is 0 Å². The van der Waals surface area contributed by atoms with Gasteiger partial charge in [-0.1, -0.05) is 33.1 Å². The molecule has 2 saturated carbocycles. The van der Waals surface area contributed by atoms with E-state index in [2.05, 4.69) is 51.7 Å². The van der Waals surface area contributed by atoms with Crippen molar-refractivity contribution in [2.75, 3.05) is 5.32 Å². The maximum atomic E-state index is 11.9. The molecule has 2 N–H and O–H groups in total. The molecule has 8 heteroatoms. The van der Waals surface area contributed by atoms with Crippen LogP contribution in [0.25, 0.3) is 22.7 Å². The molecule has 5 rings (SSSR count). The van der Waals surface area contributed by atoms with Crippen molar-refractivity contribution in [3.63, 3.8) is 0 Å². The third-order valence-electron chi connectivity index (χ3n) is 8.05. The molecule has 3 aromatic heterocycles. The molecule has 2 aliphatic rings. The molecule has 35 heavy (non-hydrogen) atoms. The lowest BCUT2D eigenvalue weighted by molar-refractivity contribution is 0.0684. The summed E-state index contributed by atoms with van der Waals surface area (Å²) in [6, 6.07) is 4.30. The van der Waals surface area contributed by atoms with Gasteiger partial charge in [-0.3, -0.25) is 4.98 Å². The Morgan fingerprint density at radius 3 is 2.60 bits per heavy atom. The van der Waals surface area contributed by atoms with Crippen LogP contribution in [-0.4, -0.2) is 41.6 Å². The molecule has 2 aliphatic carbocycles. The summed E-state index contributed by atoms with van der Waals surface area (Å²) in [5.41, 5.74) is 3.19. The first-order chi connectivity index (χ1) is 16.9. The van der Waals surface area contributed by atoms with Gasteiger partial charge in [-0.2, -0.15) is 0 Å². The van der Waals surface area contributed by atoms with Gasteiger partial charge in [-0.05, 0) is 74.5 Å². The number of carbonyl (C=O) groups is 1. The number of aromatic nitrogens is 5. The Morgan fingerprint density at radius 2 is 1.94 bits per heavy atom. The predicted octanol–water partition coefficient (Wildman–Crippen LogP) is 5.58. The molecule has 3 aromatic rings. The van der Waals surface area contributed by atoms with E-state index in [-0.39, 0.29) is 11.9 Å². The molecule has 1 atom stereocenters. The van der Waals surface area contributed by atoms with Crippen LogP contribution in [-0.2, 0) is 13.0 Å². The highest BCUT2D eigenvalue weighted by molar-refractivity contribution is 5.92. The first-order valence-electron chi connectivity index (χ1n) is 13.2. The zero-order chi connectivity index (χ0) is 24.5. The highest BCUT2D eigenvalue weighted by atomic mass is 16.4. The third-order valence-corrected chi connectivity index (χ3v) is 8.05. The SMILES string of the molecule is CCc1ccnc(-c2nc3nc(C(=O)O)nc(N[C@H](C)C4CCC4)c3n2CC2CCC(C)CC2)c1. The van der Waals surface area contributed by atoms with Crippen molar-refractivity contribution in [3.05, 3.63) is 29.7 Å². The zero-order valence-corrected chi connectivity index (χ0v) is 21.0. The summed E-state index contributed by atoms with van der Waals surface area (Å²) in [6.07, 6.45) is 11.2. The van der Waals surface area contributed by atoms with E-state index in [1.165, 1.54) is 50.5 Å². The summed E-state index contributed by atoms with van der Waals surface area (Å²) in [5.74, 6) is 1.83. The van der Waals surface area contributed by atoms with E-state index in [0.717, 1.165) is 35.9 Å². The Labute approximate surface area is 206 Å². The number of nitrogens with one attached hydrogen (secondary N) is 1. The number of rotatable bonds is 8. The largest absolute Gasteiger partial charge is 0.475 e. The predicted molar refractivity (Wildman–Crippen MR) is 136 cm³/mol. The number of pyridine rings is 1. The van der Waals surface area contributed by atoms with Crippen molar-refractivity contribution in [2.45, 2.75) is 84.7 Å². The lowest BCUT2D eigenvalue weighted by atomic mass is 9.80. The van der Waals surface area contributed by atoms with Crippen LogP contribution in [0.5, 0.6) is 0 Å². The van der Waals surface area contributed by atoms with E-state index in [4.69, 9.17) is 4.98 Å². The Morgan fingerprint density at radius 1 is 1.17 bits per heavy atom. The molecule has 0 aromatic carbocycles. The first-order valence-corrected chi connectivity index (χ1v) is 13.2. The molecule has 3 heterocycles. The molecule has 0 aliphatic heterocycles. The highest BCUT2D eigenvalue weighted by Gasteiger charge is 2.29. The fourth-order valence-electron chi connectivity index (χ4n) is 5.47. The van der Waals surface area contributed by atoms with Crippen LogP contribution < -0.4 is 5.32 Å². The van der Waals surface area contributed by atoms with Crippen LogP contribution in [0.15, 0.2) is 18.3 Å². The Kier molecular flexibility index (Phi) is 6.71.